The van der Waals surface area contributed by atoms with Crippen molar-refractivity contribution < 1.29 is 19.3 Å². The van der Waals surface area contributed by atoms with Crippen molar-refractivity contribution in [2.24, 2.45) is 0 Å². The second-order valence-electron chi connectivity index (χ2n) is 7.44. The summed E-state index contributed by atoms with van der Waals surface area (Å²) in [6.45, 7) is 2.01. The van der Waals surface area contributed by atoms with Crippen LogP contribution in [0.15, 0.2) is 57.9 Å². The lowest BCUT2D eigenvalue weighted by atomic mass is 10.2. The number of thioether (sulfide) groups is 1. The number of hydrogen-bond acceptors (Lipinski definition) is 7. The first kappa shape index (κ1) is 23.0. The van der Waals surface area contributed by atoms with Gasteiger partial charge in [-0.25, -0.2) is 0 Å². The number of carbonyl (C=O) groups is 3. The van der Waals surface area contributed by atoms with Crippen LogP contribution in [0.25, 0.3) is 6.08 Å². The summed E-state index contributed by atoms with van der Waals surface area (Å²) in [6, 6.07) is 14.3. The molecule has 4 rings (SSSR count). The number of benzene rings is 2. The van der Waals surface area contributed by atoms with Crippen LogP contribution in [0.4, 0.5) is 16.2 Å². The third-order valence-electron chi connectivity index (χ3n) is 5.39. The molecule has 0 N–H and O–H groups in total. The van der Waals surface area contributed by atoms with Crippen LogP contribution in [0, 0.1) is 10.1 Å². The molecule has 2 heterocycles. The smallest absolute Gasteiger partial charge is 0.294 e. The molecule has 170 valence electrons. The fourth-order valence-corrected chi connectivity index (χ4v) is 4.86. The van der Waals surface area contributed by atoms with E-state index in [2.05, 4.69) is 20.8 Å². The molecule has 11 heteroatoms. The number of piperazine rings is 1. The topological polar surface area (TPSA) is 104 Å². The van der Waals surface area contributed by atoms with Crippen LogP contribution in [-0.2, 0) is 9.59 Å². The van der Waals surface area contributed by atoms with Gasteiger partial charge in [0.25, 0.3) is 16.8 Å². The van der Waals surface area contributed by atoms with Crippen LogP contribution in [0.3, 0.4) is 0 Å². The first-order chi connectivity index (χ1) is 15.8. The lowest BCUT2D eigenvalue weighted by Gasteiger charge is -2.36. The van der Waals surface area contributed by atoms with Gasteiger partial charge < -0.3 is 9.80 Å². The number of carbonyl (C=O) groups excluding carboxylic acids is 3. The van der Waals surface area contributed by atoms with E-state index >= 15 is 0 Å². The van der Waals surface area contributed by atoms with E-state index in [0.29, 0.717) is 36.2 Å². The van der Waals surface area contributed by atoms with Crippen molar-refractivity contribution in [1.29, 1.82) is 0 Å². The van der Waals surface area contributed by atoms with E-state index in [1.807, 2.05) is 30.3 Å². The van der Waals surface area contributed by atoms with Gasteiger partial charge in [0.15, 0.2) is 0 Å². The van der Waals surface area contributed by atoms with E-state index in [-0.39, 0.29) is 23.0 Å². The van der Waals surface area contributed by atoms with Gasteiger partial charge >= 0.3 is 0 Å². The molecular formula is C22H19BrN4O5S. The normalized spacial score (nSPS) is 17.7. The highest BCUT2D eigenvalue weighted by Gasteiger charge is 2.37. The molecule has 3 amide bonds. The summed E-state index contributed by atoms with van der Waals surface area (Å²) >= 11 is 3.83. The van der Waals surface area contributed by atoms with Crippen LogP contribution in [0.1, 0.15) is 5.56 Å². The Hall–Kier alpha value is -3.18. The molecule has 0 bridgehead atoms. The Labute approximate surface area is 202 Å². The van der Waals surface area contributed by atoms with Crippen LogP contribution < -0.4 is 4.90 Å². The van der Waals surface area contributed by atoms with E-state index < -0.39 is 16.1 Å². The van der Waals surface area contributed by atoms with Crippen molar-refractivity contribution >= 4 is 62.2 Å². The summed E-state index contributed by atoms with van der Waals surface area (Å²) in [5.74, 6) is -0.864. The molecule has 2 saturated heterocycles. The predicted molar refractivity (Wildman–Crippen MR) is 129 cm³/mol. The van der Waals surface area contributed by atoms with Gasteiger partial charge in [0.05, 0.1) is 14.3 Å². The molecule has 2 aromatic carbocycles. The van der Waals surface area contributed by atoms with Crippen molar-refractivity contribution in [3.05, 3.63) is 73.6 Å². The minimum atomic E-state index is -0.577. The van der Waals surface area contributed by atoms with Crippen molar-refractivity contribution in [2.75, 3.05) is 37.6 Å². The number of hydrogen-bond donors (Lipinski definition) is 0. The van der Waals surface area contributed by atoms with E-state index in [9.17, 15) is 24.5 Å². The Morgan fingerprint density at radius 3 is 2.45 bits per heavy atom. The van der Waals surface area contributed by atoms with Crippen molar-refractivity contribution in [3.8, 4) is 0 Å². The first-order valence-electron chi connectivity index (χ1n) is 10.1. The van der Waals surface area contributed by atoms with Crippen LogP contribution in [0.2, 0.25) is 0 Å². The standard InChI is InChI=1S/C22H19BrN4O5S/c23-17-7-6-15(12-18(17)27(31)32)13-19-21(29)26(22(30)33-19)14-20(28)25-10-8-24(9-11-25)16-4-2-1-3-5-16/h1-7,12-13H,8-11,14H2/b19-13-. The summed E-state index contributed by atoms with van der Waals surface area (Å²) in [5.41, 5.74) is 1.36. The molecule has 2 fully saturated rings. The number of para-hydroxylation sites is 1. The summed E-state index contributed by atoms with van der Waals surface area (Å²) in [4.78, 5) is 53.4. The average Bonchev–Trinajstić information content (AvgIpc) is 3.08. The maximum absolute atomic E-state index is 12.8. The van der Waals surface area contributed by atoms with Gasteiger partial charge in [-0.3, -0.25) is 29.4 Å². The van der Waals surface area contributed by atoms with Gasteiger partial charge in [-0.05, 0) is 57.5 Å². The van der Waals surface area contributed by atoms with Gasteiger partial charge in [-0.15, -0.1) is 0 Å². The quantitative estimate of drug-likeness (QED) is 0.329. The summed E-state index contributed by atoms with van der Waals surface area (Å²) in [7, 11) is 0. The SMILES string of the molecule is O=C(CN1C(=O)S/C(=C\c2ccc(Br)c([N+](=O)[O-])c2)C1=O)N1CCN(c2ccccc2)CC1. The zero-order chi connectivity index (χ0) is 23.5. The molecule has 2 aromatic rings. The lowest BCUT2D eigenvalue weighted by molar-refractivity contribution is -0.385. The molecule has 9 nitrogen and oxygen atoms in total. The highest BCUT2D eigenvalue weighted by atomic mass is 79.9. The summed E-state index contributed by atoms with van der Waals surface area (Å²) in [5, 5.41) is 10.6. The number of nitrogens with zero attached hydrogens (tertiary/aromatic N) is 4. The highest BCUT2D eigenvalue weighted by molar-refractivity contribution is 9.10. The summed E-state index contributed by atoms with van der Waals surface area (Å²) in [6.07, 6.45) is 1.42. The third kappa shape index (κ3) is 5.09. The van der Waals surface area contributed by atoms with Crippen LogP contribution in [-0.4, -0.2) is 64.5 Å². The van der Waals surface area contributed by atoms with Crippen molar-refractivity contribution in [3.63, 3.8) is 0 Å². The average molecular weight is 531 g/mol. The van der Waals surface area contributed by atoms with Gasteiger partial charge in [-0.1, -0.05) is 24.3 Å². The third-order valence-corrected chi connectivity index (χ3v) is 6.96. The van der Waals surface area contributed by atoms with E-state index in [1.165, 1.54) is 18.2 Å². The maximum atomic E-state index is 12.8. The molecular weight excluding hydrogens is 512 g/mol. The molecule has 0 atom stereocenters. The fraction of sp³-hybridized carbons (Fsp3) is 0.227. The fourth-order valence-electron chi connectivity index (χ4n) is 3.64. The Bertz CT molecular complexity index is 1150. The van der Waals surface area contributed by atoms with E-state index in [4.69, 9.17) is 0 Å². The Morgan fingerprint density at radius 2 is 1.79 bits per heavy atom. The minimum absolute atomic E-state index is 0.123. The van der Waals surface area contributed by atoms with E-state index in [0.717, 1.165) is 22.3 Å². The van der Waals surface area contributed by atoms with Crippen LogP contribution >= 0.6 is 27.7 Å². The lowest BCUT2D eigenvalue weighted by Crippen LogP contribution is -2.51. The molecule has 2 aliphatic heterocycles. The number of anilines is 1. The molecule has 0 spiro atoms. The largest absolute Gasteiger partial charge is 0.368 e. The molecule has 0 saturated carbocycles. The second kappa shape index (κ2) is 9.75. The molecule has 33 heavy (non-hydrogen) atoms. The molecule has 0 aromatic heterocycles. The second-order valence-corrected chi connectivity index (χ2v) is 9.29. The maximum Gasteiger partial charge on any atom is 0.294 e. The van der Waals surface area contributed by atoms with Gasteiger partial charge in [-0.2, -0.15) is 0 Å². The molecule has 2 aliphatic rings. The van der Waals surface area contributed by atoms with Gasteiger partial charge in [0, 0.05) is 37.9 Å². The monoisotopic (exact) mass is 530 g/mol. The van der Waals surface area contributed by atoms with E-state index in [1.54, 1.807) is 11.0 Å². The molecule has 0 radical (unpaired) electrons. The van der Waals surface area contributed by atoms with Gasteiger partial charge in [0.1, 0.15) is 6.54 Å². The number of amides is 3. The number of imide groups is 1. The summed E-state index contributed by atoms with van der Waals surface area (Å²) < 4.78 is 0.315. The zero-order valence-electron chi connectivity index (χ0n) is 17.3. The first-order valence-corrected chi connectivity index (χ1v) is 11.7. The van der Waals surface area contributed by atoms with Crippen LogP contribution in [0.5, 0.6) is 0 Å². The minimum Gasteiger partial charge on any atom is -0.368 e. The number of rotatable bonds is 5. The van der Waals surface area contributed by atoms with Gasteiger partial charge in [0.2, 0.25) is 5.91 Å². The highest BCUT2D eigenvalue weighted by Crippen LogP contribution is 2.34. The predicted octanol–water partition coefficient (Wildman–Crippen LogP) is 3.74. The number of halogens is 1. The number of nitro groups is 1. The Balaban J connectivity index is 1.39. The Kier molecular flexibility index (Phi) is 6.80. The molecule has 0 unspecified atom stereocenters. The van der Waals surface area contributed by atoms with Crippen molar-refractivity contribution in [2.45, 2.75) is 0 Å². The van der Waals surface area contributed by atoms with Crippen molar-refractivity contribution in [1.82, 2.24) is 9.80 Å². The molecule has 0 aliphatic carbocycles. The number of nitro benzene ring substituents is 1. The zero-order valence-corrected chi connectivity index (χ0v) is 19.8. The Morgan fingerprint density at radius 1 is 1.09 bits per heavy atom.